The number of carbonyl (C=O) groups excluding carboxylic acids is 1. The summed E-state index contributed by atoms with van der Waals surface area (Å²) < 4.78 is 7.32. The van der Waals surface area contributed by atoms with E-state index in [-0.39, 0.29) is 5.70 Å². The second kappa shape index (κ2) is 9.18. The Morgan fingerprint density at radius 1 is 1.16 bits per heavy atom. The number of aliphatic carboxylic acids is 1. The number of hydrogen-bond acceptors (Lipinski definition) is 3. The Balaban J connectivity index is 2.31. The topological polar surface area (TPSA) is 75.6 Å². The number of ether oxygens (including phenoxy) is 1. The molecule has 2 aromatic carbocycles. The maximum absolute atomic E-state index is 12.2. The molecule has 0 saturated heterocycles. The molecule has 0 radical (unpaired) electrons. The van der Waals surface area contributed by atoms with Crippen molar-refractivity contribution in [2.75, 3.05) is 6.61 Å². The minimum absolute atomic E-state index is 0.190. The highest BCUT2D eigenvalue weighted by Gasteiger charge is 2.14. The number of rotatable bonds is 6. The quantitative estimate of drug-likeness (QED) is 0.410. The molecular formula is C18H15I2NO4. The molecule has 0 bridgehead atoms. The molecule has 25 heavy (non-hydrogen) atoms. The summed E-state index contributed by atoms with van der Waals surface area (Å²) in [5.74, 6) is -0.904. The zero-order chi connectivity index (χ0) is 18.4. The lowest BCUT2D eigenvalue weighted by Gasteiger charge is -2.10. The summed E-state index contributed by atoms with van der Waals surface area (Å²) in [5, 5.41) is 11.8. The van der Waals surface area contributed by atoms with E-state index in [4.69, 9.17) is 4.74 Å². The number of nitrogens with one attached hydrogen (secondary N) is 1. The van der Waals surface area contributed by atoms with Gasteiger partial charge in [-0.2, -0.15) is 0 Å². The Kier molecular flexibility index (Phi) is 7.24. The van der Waals surface area contributed by atoms with E-state index < -0.39 is 11.9 Å². The van der Waals surface area contributed by atoms with Gasteiger partial charge in [0.05, 0.1) is 13.7 Å². The highest BCUT2D eigenvalue weighted by molar-refractivity contribution is 14.1. The molecule has 0 aromatic heterocycles. The van der Waals surface area contributed by atoms with Crippen LogP contribution in [0, 0.1) is 7.14 Å². The van der Waals surface area contributed by atoms with Gasteiger partial charge in [0.1, 0.15) is 11.4 Å². The predicted molar refractivity (Wildman–Crippen MR) is 113 cm³/mol. The van der Waals surface area contributed by atoms with Crippen molar-refractivity contribution in [3.05, 3.63) is 66.4 Å². The van der Waals surface area contributed by atoms with Crippen molar-refractivity contribution in [3.8, 4) is 5.75 Å². The van der Waals surface area contributed by atoms with Crippen molar-refractivity contribution < 1.29 is 19.4 Å². The fraction of sp³-hybridized carbons (Fsp3) is 0.111. The fourth-order valence-corrected chi connectivity index (χ4v) is 4.17. The average Bonchev–Trinajstić information content (AvgIpc) is 2.58. The second-order valence-corrected chi connectivity index (χ2v) is 7.25. The van der Waals surface area contributed by atoms with Crippen molar-refractivity contribution in [2.24, 2.45) is 0 Å². The molecule has 130 valence electrons. The van der Waals surface area contributed by atoms with Gasteiger partial charge in [0.25, 0.3) is 5.91 Å². The van der Waals surface area contributed by atoms with Crippen LogP contribution >= 0.6 is 45.2 Å². The first-order valence-corrected chi connectivity index (χ1v) is 9.51. The molecule has 0 unspecified atom stereocenters. The van der Waals surface area contributed by atoms with Crippen LogP contribution in [0.5, 0.6) is 5.75 Å². The average molecular weight is 563 g/mol. The molecule has 7 heteroatoms. The van der Waals surface area contributed by atoms with E-state index >= 15 is 0 Å². The van der Waals surface area contributed by atoms with Crippen molar-refractivity contribution in [1.82, 2.24) is 5.32 Å². The number of benzene rings is 2. The smallest absolute Gasteiger partial charge is 0.352 e. The van der Waals surface area contributed by atoms with E-state index in [1.165, 1.54) is 6.08 Å². The van der Waals surface area contributed by atoms with Gasteiger partial charge in [0, 0.05) is 5.56 Å². The normalized spacial score (nSPS) is 11.1. The van der Waals surface area contributed by atoms with E-state index in [9.17, 15) is 14.7 Å². The first-order chi connectivity index (χ1) is 11.9. The number of carboxylic acid groups (broad SMARTS) is 1. The maximum Gasteiger partial charge on any atom is 0.352 e. The Hall–Kier alpha value is -1.62. The van der Waals surface area contributed by atoms with Gasteiger partial charge in [0.15, 0.2) is 0 Å². The molecule has 0 fully saturated rings. The summed E-state index contributed by atoms with van der Waals surface area (Å²) in [6, 6.07) is 12.1. The zero-order valence-electron chi connectivity index (χ0n) is 13.3. The standard InChI is InChI=1S/C18H15I2NO4/c1-2-25-16-13(19)8-11(9-14(16)20)10-15(18(23)24)21-17(22)12-6-4-3-5-7-12/h3-10H,2H2,1H3,(H,21,22)(H,23,24)/b15-10+. The second-order valence-electron chi connectivity index (χ2n) is 4.93. The van der Waals surface area contributed by atoms with Crippen LogP contribution in [0.25, 0.3) is 6.08 Å². The Labute approximate surface area is 172 Å². The van der Waals surface area contributed by atoms with Crippen LogP contribution < -0.4 is 10.1 Å². The molecule has 0 aliphatic carbocycles. The van der Waals surface area contributed by atoms with Gasteiger partial charge in [0.2, 0.25) is 0 Å². The van der Waals surface area contributed by atoms with Crippen molar-refractivity contribution in [2.45, 2.75) is 6.92 Å². The van der Waals surface area contributed by atoms with Crippen LogP contribution in [0.1, 0.15) is 22.8 Å². The van der Waals surface area contributed by atoms with Crippen molar-refractivity contribution >= 4 is 63.1 Å². The van der Waals surface area contributed by atoms with Gasteiger partial charge in [-0.25, -0.2) is 4.79 Å². The third-order valence-corrected chi connectivity index (χ3v) is 4.74. The zero-order valence-corrected chi connectivity index (χ0v) is 17.6. The molecule has 2 rings (SSSR count). The van der Waals surface area contributed by atoms with E-state index in [2.05, 4.69) is 50.5 Å². The summed E-state index contributed by atoms with van der Waals surface area (Å²) in [4.78, 5) is 23.7. The van der Waals surface area contributed by atoms with Gasteiger partial charge in [-0.3, -0.25) is 4.79 Å². The molecule has 1 amide bonds. The largest absolute Gasteiger partial charge is 0.492 e. The summed E-state index contributed by atoms with van der Waals surface area (Å²) >= 11 is 4.28. The number of carbonyl (C=O) groups is 2. The number of halogens is 2. The molecular weight excluding hydrogens is 548 g/mol. The first kappa shape index (κ1) is 19.7. The molecule has 0 saturated carbocycles. The van der Waals surface area contributed by atoms with Gasteiger partial charge in [-0.05, 0) is 88.0 Å². The monoisotopic (exact) mass is 563 g/mol. The van der Waals surface area contributed by atoms with Crippen molar-refractivity contribution in [1.29, 1.82) is 0 Å². The van der Waals surface area contributed by atoms with E-state index in [0.29, 0.717) is 17.7 Å². The third kappa shape index (κ3) is 5.43. The Bertz CT molecular complexity index is 796. The van der Waals surface area contributed by atoms with Crippen LogP contribution in [-0.2, 0) is 4.79 Å². The summed E-state index contributed by atoms with van der Waals surface area (Å²) in [5.41, 5.74) is 0.873. The molecule has 0 atom stereocenters. The molecule has 5 nitrogen and oxygen atoms in total. The summed E-state index contributed by atoms with van der Waals surface area (Å²) in [6.45, 7) is 2.45. The Morgan fingerprint density at radius 2 is 1.76 bits per heavy atom. The van der Waals surface area contributed by atoms with Crippen LogP contribution in [0.2, 0.25) is 0 Å². The number of hydrogen-bond donors (Lipinski definition) is 2. The number of carboxylic acids is 1. The van der Waals surface area contributed by atoms with Crippen LogP contribution in [-0.4, -0.2) is 23.6 Å². The minimum atomic E-state index is -1.21. The van der Waals surface area contributed by atoms with Crippen LogP contribution in [0.4, 0.5) is 0 Å². The SMILES string of the molecule is CCOc1c(I)cc(/C=C(/NC(=O)c2ccccc2)C(=O)O)cc1I. The molecule has 0 spiro atoms. The molecule has 0 heterocycles. The van der Waals surface area contributed by atoms with Crippen LogP contribution in [0.15, 0.2) is 48.2 Å². The lowest BCUT2D eigenvalue weighted by Crippen LogP contribution is -2.27. The minimum Gasteiger partial charge on any atom is -0.492 e. The van der Waals surface area contributed by atoms with Gasteiger partial charge >= 0.3 is 5.97 Å². The third-order valence-electron chi connectivity index (χ3n) is 3.13. The fourth-order valence-electron chi connectivity index (χ4n) is 2.05. The molecule has 2 N–H and O–H groups in total. The van der Waals surface area contributed by atoms with Gasteiger partial charge < -0.3 is 15.2 Å². The van der Waals surface area contributed by atoms with Gasteiger partial charge in [-0.1, -0.05) is 18.2 Å². The first-order valence-electron chi connectivity index (χ1n) is 7.35. The summed E-state index contributed by atoms with van der Waals surface area (Å²) in [7, 11) is 0. The lowest BCUT2D eigenvalue weighted by atomic mass is 10.1. The highest BCUT2D eigenvalue weighted by Crippen LogP contribution is 2.29. The van der Waals surface area contributed by atoms with Crippen molar-refractivity contribution in [3.63, 3.8) is 0 Å². The van der Waals surface area contributed by atoms with Crippen LogP contribution in [0.3, 0.4) is 0 Å². The molecule has 2 aromatic rings. The Morgan fingerprint density at radius 3 is 2.28 bits per heavy atom. The predicted octanol–water partition coefficient (Wildman–Crippen LogP) is 4.15. The highest BCUT2D eigenvalue weighted by atomic mass is 127. The number of amides is 1. The van der Waals surface area contributed by atoms with E-state index in [0.717, 1.165) is 12.9 Å². The maximum atomic E-state index is 12.2. The summed E-state index contributed by atoms with van der Waals surface area (Å²) in [6.07, 6.45) is 1.43. The lowest BCUT2D eigenvalue weighted by molar-refractivity contribution is -0.132. The van der Waals surface area contributed by atoms with Gasteiger partial charge in [-0.15, -0.1) is 0 Å². The molecule has 0 aliphatic heterocycles. The van der Waals surface area contributed by atoms with E-state index in [1.807, 2.05) is 19.1 Å². The van der Waals surface area contributed by atoms with E-state index in [1.54, 1.807) is 30.3 Å². The molecule has 0 aliphatic rings.